The highest BCUT2D eigenvalue weighted by molar-refractivity contribution is 6.15. The number of benzene rings is 2. The Labute approximate surface area is 132 Å². The van der Waals surface area contributed by atoms with Crippen LogP contribution < -0.4 is 0 Å². The van der Waals surface area contributed by atoms with Crippen LogP contribution in [0.4, 0.5) is 4.39 Å². The van der Waals surface area contributed by atoms with E-state index in [-0.39, 0.29) is 11.6 Å². The zero-order valence-corrected chi connectivity index (χ0v) is 12.5. The van der Waals surface area contributed by atoms with Gasteiger partial charge in [0.1, 0.15) is 5.82 Å². The van der Waals surface area contributed by atoms with E-state index in [0.717, 1.165) is 51.3 Å². The van der Waals surface area contributed by atoms with E-state index in [4.69, 9.17) is 0 Å². The number of nitrogens with zero attached hydrogens (tertiary/aromatic N) is 1. The van der Waals surface area contributed by atoms with Gasteiger partial charge in [0, 0.05) is 28.5 Å². The van der Waals surface area contributed by atoms with Crippen molar-refractivity contribution in [1.82, 2.24) is 4.40 Å². The normalized spacial score (nSPS) is 14.7. The average Bonchev–Trinajstić information content (AvgIpc) is 2.93. The zero-order valence-electron chi connectivity index (χ0n) is 12.5. The Kier molecular flexibility index (Phi) is 2.46. The summed E-state index contributed by atoms with van der Waals surface area (Å²) >= 11 is 0. The average molecular weight is 303 g/mol. The molecule has 1 aliphatic carbocycles. The number of hydrogen-bond acceptors (Lipinski definition) is 1. The van der Waals surface area contributed by atoms with E-state index in [1.165, 1.54) is 6.07 Å². The number of aryl methyl sites for hydroxylation is 1. The summed E-state index contributed by atoms with van der Waals surface area (Å²) in [6.07, 6.45) is 2.36. The van der Waals surface area contributed by atoms with Crippen molar-refractivity contribution >= 4 is 33.0 Å². The van der Waals surface area contributed by atoms with Crippen LogP contribution in [0.15, 0.2) is 48.5 Å². The molecule has 0 aliphatic heterocycles. The van der Waals surface area contributed by atoms with E-state index < -0.39 is 0 Å². The predicted octanol–water partition coefficient (Wildman–Crippen LogP) is 4.90. The molecule has 0 saturated carbocycles. The molecule has 2 nitrogen and oxygen atoms in total. The summed E-state index contributed by atoms with van der Waals surface area (Å²) < 4.78 is 15.8. The predicted molar refractivity (Wildman–Crippen MR) is 89.6 cm³/mol. The number of pyridine rings is 1. The van der Waals surface area contributed by atoms with Crippen LogP contribution in [0.5, 0.6) is 0 Å². The molecule has 0 radical (unpaired) electrons. The molecule has 112 valence electrons. The van der Waals surface area contributed by atoms with Gasteiger partial charge in [0.25, 0.3) is 0 Å². The third kappa shape index (κ3) is 1.65. The van der Waals surface area contributed by atoms with Crippen molar-refractivity contribution in [2.24, 2.45) is 0 Å². The lowest BCUT2D eigenvalue weighted by atomic mass is 9.90. The third-order valence-corrected chi connectivity index (χ3v) is 4.89. The Morgan fingerprint density at radius 2 is 1.74 bits per heavy atom. The van der Waals surface area contributed by atoms with Crippen LogP contribution in [-0.4, -0.2) is 10.2 Å². The smallest absolute Gasteiger partial charge is 0.165 e. The molecule has 0 spiro atoms. The van der Waals surface area contributed by atoms with Crippen molar-refractivity contribution in [3.8, 4) is 0 Å². The third-order valence-electron chi connectivity index (χ3n) is 4.89. The highest BCUT2D eigenvalue weighted by Crippen LogP contribution is 2.35. The monoisotopic (exact) mass is 303 g/mol. The Balaban J connectivity index is 2.11. The standard InChI is InChI=1S/C20H14FNO/c21-13-8-9-16-12(10-13)11-18-14-4-1-2-5-15(14)20-17(22(16)18)6-3-7-19(20)23/h1-2,4-5,8-11H,3,6-7H2. The van der Waals surface area contributed by atoms with Crippen LogP contribution in [0.3, 0.4) is 0 Å². The van der Waals surface area contributed by atoms with E-state index >= 15 is 0 Å². The van der Waals surface area contributed by atoms with Crippen molar-refractivity contribution in [2.75, 3.05) is 0 Å². The number of hydrogen-bond donors (Lipinski definition) is 0. The Morgan fingerprint density at radius 3 is 2.61 bits per heavy atom. The lowest BCUT2D eigenvalue weighted by Crippen LogP contribution is -2.15. The van der Waals surface area contributed by atoms with Gasteiger partial charge in [-0.25, -0.2) is 4.39 Å². The number of Topliss-reactive ketones (excluding diaryl/α,β-unsaturated/α-hetero) is 1. The maximum absolute atomic E-state index is 13.6. The summed E-state index contributed by atoms with van der Waals surface area (Å²) in [6, 6.07) is 14.9. The van der Waals surface area contributed by atoms with Crippen LogP contribution in [0.2, 0.25) is 0 Å². The molecule has 0 atom stereocenters. The summed E-state index contributed by atoms with van der Waals surface area (Å²) in [5.41, 5.74) is 3.94. The van der Waals surface area contributed by atoms with Gasteiger partial charge in [0.2, 0.25) is 0 Å². The Bertz CT molecular complexity index is 1120. The van der Waals surface area contributed by atoms with Gasteiger partial charge in [-0.2, -0.15) is 0 Å². The highest BCUT2D eigenvalue weighted by atomic mass is 19.1. The molecule has 0 unspecified atom stereocenters. The second-order valence-electron chi connectivity index (χ2n) is 6.21. The first-order valence-corrected chi connectivity index (χ1v) is 7.91. The number of ketones is 1. The van der Waals surface area contributed by atoms with E-state index in [1.54, 1.807) is 6.07 Å². The Hall–Kier alpha value is -2.68. The minimum Gasteiger partial charge on any atom is -0.312 e. The van der Waals surface area contributed by atoms with Gasteiger partial charge >= 0.3 is 0 Å². The molecule has 4 aromatic rings. The molecular formula is C20H14FNO. The number of rotatable bonds is 0. The van der Waals surface area contributed by atoms with Gasteiger partial charge in [0.15, 0.2) is 5.78 Å². The number of fused-ring (bicyclic) bond motifs is 8. The van der Waals surface area contributed by atoms with Gasteiger partial charge in [-0.1, -0.05) is 24.3 Å². The molecule has 0 amide bonds. The second kappa shape index (κ2) is 4.42. The summed E-state index contributed by atoms with van der Waals surface area (Å²) in [4.78, 5) is 12.6. The minimum atomic E-state index is -0.234. The van der Waals surface area contributed by atoms with Crippen molar-refractivity contribution in [3.63, 3.8) is 0 Å². The second-order valence-corrected chi connectivity index (χ2v) is 6.21. The van der Waals surface area contributed by atoms with Crippen molar-refractivity contribution in [3.05, 3.63) is 65.6 Å². The van der Waals surface area contributed by atoms with Gasteiger partial charge < -0.3 is 4.40 Å². The van der Waals surface area contributed by atoms with Gasteiger partial charge in [-0.15, -0.1) is 0 Å². The van der Waals surface area contributed by atoms with Crippen LogP contribution in [-0.2, 0) is 6.42 Å². The van der Waals surface area contributed by atoms with Gasteiger partial charge in [-0.05, 0) is 42.5 Å². The van der Waals surface area contributed by atoms with Crippen LogP contribution in [0.1, 0.15) is 28.9 Å². The zero-order chi connectivity index (χ0) is 15.6. The van der Waals surface area contributed by atoms with Crippen LogP contribution in [0.25, 0.3) is 27.2 Å². The van der Waals surface area contributed by atoms with Crippen molar-refractivity contribution in [1.29, 1.82) is 0 Å². The molecule has 5 rings (SSSR count). The van der Waals surface area contributed by atoms with E-state index in [1.807, 2.05) is 36.4 Å². The topological polar surface area (TPSA) is 21.5 Å². The Morgan fingerprint density at radius 1 is 0.913 bits per heavy atom. The van der Waals surface area contributed by atoms with Crippen molar-refractivity contribution < 1.29 is 9.18 Å². The molecule has 0 fully saturated rings. The lowest BCUT2D eigenvalue weighted by molar-refractivity contribution is 0.0973. The van der Waals surface area contributed by atoms with E-state index in [0.29, 0.717) is 6.42 Å². The number of carbonyl (C=O) groups excluding carboxylic acids is 1. The molecule has 0 bridgehead atoms. The summed E-state index contributed by atoms with van der Waals surface area (Å²) in [5.74, 6) is -0.0176. The largest absolute Gasteiger partial charge is 0.312 e. The summed E-state index contributed by atoms with van der Waals surface area (Å²) in [7, 11) is 0. The molecule has 2 aromatic carbocycles. The maximum atomic E-state index is 13.6. The molecule has 0 saturated heterocycles. The molecule has 3 heteroatoms. The van der Waals surface area contributed by atoms with Gasteiger partial charge in [-0.3, -0.25) is 4.79 Å². The van der Waals surface area contributed by atoms with E-state index in [9.17, 15) is 9.18 Å². The molecule has 0 N–H and O–H groups in total. The number of halogens is 1. The first kappa shape index (κ1) is 12.8. The molecule has 23 heavy (non-hydrogen) atoms. The van der Waals surface area contributed by atoms with Crippen LogP contribution >= 0.6 is 0 Å². The maximum Gasteiger partial charge on any atom is 0.165 e. The molecule has 1 aliphatic rings. The number of carbonyl (C=O) groups is 1. The summed E-state index contributed by atoms with van der Waals surface area (Å²) in [6.45, 7) is 0. The summed E-state index contributed by atoms with van der Waals surface area (Å²) in [5, 5.41) is 2.95. The fourth-order valence-electron chi connectivity index (χ4n) is 3.96. The van der Waals surface area contributed by atoms with Crippen LogP contribution in [0, 0.1) is 5.82 Å². The molecular weight excluding hydrogens is 289 g/mol. The first-order chi connectivity index (χ1) is 11.2. The lowest BCUT2D eigenvalue weighted by Gasteiger charge is -2.20. The highest BCUT2D eigenvalue weighted by Gasteiger charge is 2.24. The fourth-order valence-corrected chi connectivity index (χ4v) is 3.96. The van der Waals surface area contributed by atoms with Crippen molar-refractivity contribution in [2.45, 2.75) is 19.3 Å². The SMILES string of the molecule is O=C1CCCc2c1c1ccccc1c1cc3cc(F)ccc3n21. The minimum absolute atomic E-state index is 0.216. The quantitative estimate of drug-likeness (QED) is 0.452. The number of aromatic nitrogens is 1. The molecule has 2 aromatic heterocycles. The van der Waals surface area contributed by atoms with Gasteiger partial charge in [0.05, 0.1) is 11.0 Å². The first-order valence-electron chi connectivity index (χ1n) is 7.91. The van der Waals surface area contributed by atoms with E-state index in [2.05, 4.69) is 4.40 Å². The molecule has 2 heterocycles. The fraction of sp³-hybridized carbons (Fsp3) is 0.150.